The molecule has 0 unspecified atom stereocenters. The summed E-state index contributed by atoms with van der Waals surface area (Å²) in [4.78, 5) is 13.7. The smallest absolute Gasteiger partial charge is 0.227 e. The van der Waals surface area contributed by atoms with Crippen molar-refractivity contribution in [1.29, 1.82) is 0 Å². The molecule has 6 nitrogen and oxygen atoms in total. The molecule has 0 aromatic carbocycles. The summed E-state index contributed by atoms with van der Waals surface area (Å²) in [5, 5.41) is 9.15. The van der Waals surface area contributed by atoms with E-state index in [-0.39, 0.29) is 0 Å². The molecular weight excluding hydrogens is 332 g/mol. The number of nitrogens with zero attached hydrogens (tertiary/aromatic N) is 4. The molecule has 0 spiro atoms. The lowest BCUT2D eigenvalue weighted by Crippen LogP contribution is -3.12. The maximum atomic E-state index is 4.91. The molecular formula is C18H27N6S+. The molecule has 25 heavy (non-hydrogen) atoms. The summed E-state index contributed by atoms with van der Waals surface area (Å²) in [6.07, 6.45) is 5.23. The molecule has 1 aliphatic carbocycles. The van der Waals surface area contributed by atoms with Crippen molar-refractivity contribution < 1.29 is 4.90 Å². The van der Waals surface area contributed by atoms with Gasteiger partial charge in [-0.05, 0) is 44.6 Å². The number of aryl methyl sites for hydroxylation is 1. The van der Waals surface area contributed by atoms with Crippen LogP contribution in [-0.4, -0.2) is 45.8 Å². The monoisotopic (exact) mass is 359 g/mol. The summed E-state index contributed by atoms with van der Waals surface area (Å²) >= 11 is 1.85. The Kier molecular flexibility index (Phi) is 4.60. The molecule has 1 aliphatic rings. The Morgan fingerprint density at radius 2 is 2.20 bits per heavy atom. The SMILES string of the molecule is CC[NH+](CC)CCNc1nc2sc3c(c2c2ncnn12)C[C@@H](C)CC3. The van der Waals surface area contributed by atoms with Gasteiger partial charge in [0.2, 0.25) is 5.95 Å². The lowest BCUT2D eigenvalue weighted by molar-refractivity contribution is -0.894. The number of thiophene rings is 1. The average molecular weight is 360 g/mol. The lowest BCUT2D eigenvalue weighted by Gasteiger charge is -2.18. The van der Waals surface area contributed by atoms with Crippen molar-refractivity contribution in [3.05, 3.63) is 16.8 Å². The van der Waals surface area contributed by atoms with E-state index in [4.69, 9.17) is 4.98 Å². The quantitative estimate of drug-likeness (QED) is 0.705. The minimum Gasteiger partial charge on any atom is -0.348 e. The largest absolute Gasteiger partial charge is 0.348 e. The van der Waals surface area contributed by atoms with Gasteiger partial charge < -0.3 is 10.2 Å². The van der Waals surface area contributed by atoms with Gasteiger partial charge in [0.15, 0.2) is 5.65 Å². The number of hydrogen-bond donors (Lipinski definition) is 2. The third kappa shape index (κ3) is 3.00. The molecule has 0 saturated carbocycles. The van der Waals surface area contributed by atoms with Gasteiger partial charge in [-0.15, -0.1) is 11.3 Å². The number of fused-ring (bicyclic) bond motifs is 5. The third-order valence-corrected chi connectivity index (χ3v) is 6.62. The summed E-state index contributed by atoms with van der Waals surface area (Å²) in [5.74, 6) is 1.56. The van der Waals surface area contributed by atoms with E-state index in [1.807, 2.05) is 15.9 Å². The molecule has 3 heterocycles. The molecule has 134 valence electrons. The molecule has 0 aliphatic heterocycles. The van der Waals surface area contributed by atoms with Gasteiger partial charge in [0.05, 0.1) is 31.6 Å². The fourth-order valence-corrected chi connectivity index (χ4v) is 5.04. The summed E-state index contributed by atoms with van der Waals surface area (Å²) in [6.45, 7) is 11.1. The molecule has 0 amide bonds. The minimum atomic E-state index is 0.739. The van der Waals surface area contributed by atoms with Gasteiger partial charge in [0.25, 0.3) is 0 Å². The molecule has 1 atom stereocenters. The van der Waals surface area contributed by atoms with E-state index in [1.165, 1.54) is 28.7 Å². The zero-order valence-corrected chi connectivity index (χ0v) is 16.1. The van der Waals surface area contributed by atoms with Crippen LogP contribution in [-0.2, 0) is 12.8 Å². The number of rotatable bonds is 6. The Morgan fingerprint density at radius 1 is 1.36 bits per heavy atom. The fourth-order valence-electron chi connectivity index (χ4n) is 3.83. The fraction of sp³-hybridized carbons (Fsp3) is 0.611. The van der Waals surface area contributed by atoms with Crippen molar-refractivity contribution in [1.82, 2.24) is 19.6 Å². The Bertz CT molecular complexity index is 879. The van der Waals surface area contributed by atoms with E-state index in [1.54, 1.807) is 11.2 Å². The van der Waals surface area contributed by atoms with Gasteiger partial charge >= 0.3 is 0 Å². The number of nitrogens with one attached hydrogen (secondary N) is 2. The van der Waals surface area contributed by atoms with Crippen LogP contribution in [0, 0.1) is 5.92 Å². The van der Waals surface area contributed by atoms with Crippen LogP contribution in [0.25, 0.3) is 15.9 Å². The molecule has 3 aromatic heterocycles. The van der Waals surface area contributed by atoms with Crippen molar-refractivity contribution in [2.75, 3.05) is 31.5 Å². The highest BCUT2D eigenvalue weighted by Gasteiger charge is 2.24. The van der Waals surface area contributed by atoms with Gasteiger partial charge in [0, 0.05) is 4.88 Å². The van der Waals surface area contributed by atoms with Crippen molar-refractivity contribution in [3.8, 4) is 0 Å². The first-order chi connectivity index (χ1) is 12.2. The molecule has 0 bridgehead atoms. The normalized spacial score (nSPS) is 17.5. The number of quaternary nitrogens is 1. The molecule has 0 fully saturated rings. The van der Waals surface area contributed by atoms with Gasteiger partial charge in [-0.3, -0.25) is 0 Å². The van der Waals surface area contributed by atoms with Crippen molar-refractivity contribution >= 4 is 33.1 Å². The summed E-state index contributed by atoms with van der Waals surface area (Å²) in [7, 11) is 0. The first kappa shape index (κ1) is 16.7. The highest BCUT2D eigenvalue weighted by atomic mass is 32.1. The second-order valence-electron chi connectivity index (χ2n) is 7.10. The molecule has 2 N–H and O–H groups in total. The third-order valence-electron chi connectivity index (χ3n) is 5.43. The number of anilines is 1. The van der Waals surface area contributed by atoms with Crippen LogP contribution in [0.2, 0.25) is 0 Å². The Balaban J connectivity index is 1.70. The molecule has 3 aromatic rings. The van der Waals surface area contributed by atoms with E-state index in [0.717, 1.165) is 54.9 Å². The maximum absolute atomic E-state index is 4.91. The molecule has 0 radical (unpaired) electrons. The van der Waals surface area contributed by atoms with Gasteiger partial charge in [-0.2, -0.15) is 9.61 Å². The first-order valence-electron chi connectivity index (χ1n) is 9.42. The summed E-state index contributed by atoms with van der Waals surface area (Å²) in [5.41, 5.74) is 2.41. The van der Waals surface area contributed by atoms with Crippen molar-refractivity contribution in [2.45, 2.75) is 40.0 Å². The molecule has 7 heteroatoms. The van der Waals surface area contributed by atoms with E-state index < -0.39 is 0 Å². The maximum Gasteiger partial charge on any atom is 0.227 e. The molecule has 4 rings (SSSR count). The lowest BCUT2D eigenvalue weighted by atomic mass is 9.89. The van der Waals surface area contributed by atoms with Gasteiger partial charge in [-0.25, -0.2) is 9.97 Å². The zero-order valence-electron chi connectivity index (χ0n) is 15.3. The molecule has 0 saturated heterocycles. The Hall–Kier alpha value is -1.73. The van der Waals surface area contributed by atoms with Crippen LogP contribution in [0.3, 0.4) is 0 Å². The van der Waals surface area contributed by atoms with Crippen molar-refractivity contribution in [3.63, 3.8) is 0 Å². The van der Waals surface area contributed by atoms with E-state index >= 15 is 0 Å². The standard InChI is InChI=1S/C18H26N6S/c1-4-23(5-2)9-8-19-18-22-17-15(16-20-11-21-24(16)18)13-10-12(3)6-7-14(13)25-17/h11-12H,4-10H2,1-3H3,(H,19,22)/p+1/t12-/m0/s1. The predicted octanol–water partition coefficient (Wildman–Crippen LogP) is 1.80. The van der Waals surface area contributed by atoms with Gasteiger partial charge in [-0.1, -0.05) is 6.92 Å². The second-order valence-corrected chi connectivity index (χ2v) is 8.18. The Labute approximate surface area is 152 Å². The van der Waals surface area contributed by atoms with Crippen molar-refractivity contribution in [2.24, 2.45) is 5.92 Å². The Morgan fingerprint density at radius 3 is 3.00 bits per heavy atom. The van der Waals surface area contributed by atoms with Crippen LogP contribution in [0.1, 0.15) is 37.6 Å². The van der Waals surface area contributed by atoms with Gasteiger partial charge in [0.1, 0.15) is 11.2 Å². The summed E-state index contributed by atoms with van der Waals surface area (Å²) in [6, 6.07) is 0. The van der Waals surface area contributed by atoms with Crippen LogP contribution in [0.15, 0.2) is 6.33 Å². The predicted molar refractivity (Wildman–Crippen MR) is 103 cm³/mol. The topological polar surface area (TPSA) is 59.5 Å². The number of aromatic nitrogens is 4. The van der Waals surface area contributed by atoms with Crippen LogP contribution in [0.5, 0.6) is 0 Å². The minimum absolute atomic E-state index is 0.739. The highest BCUT2D eigenvalue weighted by molar-refractivity contribution is 7.19. The zero-order chi connectivity index (χ0) is 17.4. The number of hydrogen-bond acceptors (Lipinski definition) is 5. The number of likely N-dealkylation sites (N-methyl/N-ethyl adjacent to an activating group) is 1. The van der Waals surface area contributed by atoms with E-state index in [9.17, 15) is 0 Å². The van der Waals surface area contributed by atoms with Crippen LogP contribution in [0.4, 0.5) is 5.95 Å². The van der Waals surface area contributed by atoms with Crippen LogP contribution < -0.4 is 10.2 Å². The first-order valence-corrected chi connectivity index (χ1v) is 10.2. The average Bonchev–Trinajstić information content (AvgIpc) is 3.22. The second kappa shape index (κ2) is 6.88. The van der Waals surface area contributed by atoms with E-state index in [2.05, 4.69) is 36.2 Å². The highest BCUT2D eigenvalue weighted by Crippen LogP contribution is 2.39. The van der Waals surface area contributed by atoms with E-state index in [0.29, 0.717) is 0 Å². The summed E-state index contributed by atoms with van der Waals surface area (Å²) < 4.78 is 1.88. The van der Waals surface area contributed by atoms with Crippen LogP contribution >= 0.6 is 11.3 Å².